The molecule has 19 heavy (non-hydrogen) atoms. The number of aromatic nitrogens is 1. The van der Waals surface area contributed by atoms with Gasteiger partial charge in [0, 0.05) is 18.7 Å². The average molecular weight is 332 g/mol. The first-order valence-electron chi connectivity index (χ1n) is 5.64. The van der Waals surface area contributed by atoms with Gasteiger partial charge in [0.05, 0.1) is 15.8 Å². The molecule has 1 aromatic rings. The molecule has 0 bridgehead atoms. The number of anilines is 1. The minimum Gasteiger partial charge on any atom is -0.481 e. The number of pyridine rings is 1. The molecule has 1 rings (SSSR count). The lowest BCUT2D eigenvalue weighted by atomic mass is 10.2. The summed E-state index contributed by atoms with van der Waals surface area (Å²) in [4.78, 5) is 26.7. The van der Waals surface area contributed by atoms with Gasteiger partial charge in [-0.2, -0.15) is 0 Å². The van der Waals surface area contributed by atoms with Crippen molar-refractivity contribution in [2.45, 2.75) is 20.3 Å². The Kier molecular flexibility index (Phi) is 5.22. The van der Waals surface area contributed by atoms with E-state index in [0.29, 0.717) is 28.9 Å². The van der Waals surface area contributed by atoms with Gasteiger partial charge in [-0.05, 0) is 29.8 Å². The fraction of sp³-hybridized carbons (Fsp3) is 0.455. The molecule has 0 fully saturated rings. The van der Waals surface area contributed by atoms with E-state index in [1.54, 1.807) is 11.8 Å². The van der Waals surface area contributed by atoms with Crippen molar-refractivity contribution in [3.63, 3.8) is 0 Å². The quantitative estimate of drug-likeness (QED) is 0.634. The van der Waals surface area contributed by atoms with Gasteiger partial charge in [0.1, 0.15) is 12.0 Å². The number of carboxylic acid groups (broad SMARTS) is 1. The number of nitrogens with zero attached hydrogens (tertiary/aromatic N) is 3. The zero-order valence-electron chi connectivity index (χ0n) is 10.6. The Labute approximate surface area is 118 Å². The molecule has 0 amide bonds. The van der Waals surface area contributed by atoms with E-state index in [2.05, 4.69) is 20.9 Å². The maximum Gasteiger partial charge on any atom is 0.305 e. The molecule has 8 heteroatoms. The second kappa shape index (κ2) is 6.46. The second-order valence-electron chi connectivity index (χ2n) is 3.89. The summed E-state index contributed by atoms with van der Waals surface area (Å²) < 4.78 is 0.522. The molecular formula is C11H14BrN3O4. The number of aliphatic carboxylic acids is 1. The molecule has 0 atom stereocenters. The monoisotopic (exact) mass is 331 g/mol. The Morgan fingerprint density at radius 3 is 2.74 bits per heavy atom. The minimum absolute atomic E-state index is 0.0159. The van der Waals surface area contributed by atoms with E-state index < -0.39 is 10.9 Å². The summed E-state index contributed by atoms with van der Waals surface area (Å²) in [6.45, 7) is 4.36. The molecule has 1 N–H and O–H groups in total. The highest BCUT2D eigenvalue weighted by molar-refractivity contribution is 9.10. The number of rotatable bonds is 6. The Bertz CT molecular complexity index is 507. The maximum absolute atomic E-state index is 10.8. The van der Waals surface area contributed by atoms with Crippen LogP contribution >= 0.6 is 15.9 Å². The number of hydrogen-bond donors (Lipinski definition) is 1. The third kappa shape index (κ3) is 3.63. The van der Waals surface area contributed by atoms with Gasteiger partial charge in [-0.15, -0.1) is 0 Å². The summed E-state index contributed by atoms with van der Waals surface area (Å²) in [6, 6.07) is 0. The van der Waals surface area contributed by atoms with Crippen molar-refractivity contribution in [2.75, 3.05) is 18.0 Å². The summed E-state index contributed by atoms with van der Waals surface area (Å²) in [5.41, 5.74) is 0.411. The smallest absolute Gasteiger partial charge is 0.305 e. The van der Waals surface area contributed by atoms with Crippen molar-refractivity contribution in [1.29, 1.82) is 0 Å². The van der Waals surface area contributed by atoms with E-state index in [-0.39, 0.29) is 12.1 Å². The Morgan fingerprint density at radius 1 is 1.63 bits per heavy atom. The summed E-state index contributed by atoms with van der Waals surface area (Å²) in [5.74, 6) is -0.375. The molecule has 1 aromatic heterocycles. The summed E-state index contributed by atoms with van der Waals surface area (Å²) >= 11 is 3.29. The fourth-order valence-electron chi connectivity index (χ4n) is 1.60. The van der Waals surface area contributed by atoms with Crippen LogP contribution in [-0.4, -0.2) is 34.1 Å². The lowest BCUT2D eigenvalue weighted by molar-refractivity contribution is -0.385. The van der Waals surface area contributed by atoms with Crippen molar-refractivity contribution >= 4 is 33.4 Å². The lowest BCUT2D eigenvalue weighted by Crippen LogP contribution is -2.27. The Balaban J connectivity index is 3.08. The molecule has 0 saturated heterocycles. The minimum atomic E-state index is -0.895. The second-order valence-corrected chi connectivity index (χ2v) is 4.68. The van der Waals surface area contributed by atoms with Crippen molar-refractivity contribution in [3.8, 4) is 0 Å². The van der Waals surface area contributed by atoms with E-state index in [1.807, 2.05) is 6.92 Å². The van der Waals surface area contributed by atoms with E-state index in [4.69, 9.17) is 5.11 Å². The molecule has 0 unspecified atom stereocenters. The van der Waals surface area contributed by atoms with Gasteiger partial charge in [-0.3, -0.25) is 14.9 Å². The van der Waals surface area contributed by atoms with Crippen LogP contribution in [0.3, 0.4) is 0 Å². The van der Waals surface area contributed by atoms with Crippen molar-refractivity contribution in [1.82, 2.24) is 4.98 Å². The number of halogens is 1. The standard InChI is InChI=1S/C11H14BrN3O4/c1-3-14(5-4-9(16)17)11-10(12)7(2)8(6-13-11)15(18)19/h6H,3-5H2,1-2H3,(H,16,17). The van der Waals surface area contributed by atoms with Gasteiger partial charge < -0.3 is 10.0 Å². The van der Waals surface area contributed by atoms with Crippen molar-refractivity contribution in [3.05, 3.63) is 26.3 Å². The molecule has 0 aliphatic rings. The Morgan fingerprint density at radius 2 is 2.26 bits per heavy atom. The first-order valence-corrected chi connectivity index (χ1v) is 6.44. The van der Waals surface area contributed by atoms with Crippen molar-refractivity contribution < 1.29 is 14.8 Å². The van der Waals surface area contributed by atoms with Crippen LogP contribution in [0.25, 0.3) is 0 Å². The number of hydrogen-bond acceptors (Lipinski definition) is 5. The van der Waals surface area contributed by atoms with Gasteiger partial charge >= 0.3 is 5.97 Å². The molecule has 0 spiro atoms. The summed E-state index contributed by atoms with van der Waals surface area (Å²) in [6.07, 6.45) is 1.18. The van der Waals surface area contributed by atoms with Crippen LogP contribution < -0.4 is 4.90 Å². The molecule has 0 saturated carbocycles. The van der Waals surface area contributed by atoms with E-state index in [9.17, 15) is 14.9 Å². The number of nitro groups is 1. The first kappa shape index (κ1) is 15.4. The predicted octanol–water partition coefficient (Wildman–Crippen LogP) is 2.36. The maximum atomic E-state index is 10.8. The highest BCUT2D eigenvalue weighted by Crippen LogP contribution is 2.32. The van der Waals surface area contributed by atoms with Crippen LogP contribution in [0.15, 0.2) is 10.7 Å². The molecule has 0 radical (unpaired) electrons. The van der Waals surface area contributed by atoms with Gasteiger partial charge in [0.25, 0.3) is 5.69 Å². The van der Waals surface area contributed by atoms with E-state index >= 15 is 0 Å². The normalized spacial score (nSPS) is 10.3. The van der Waals surface area contributed by atoms with Crippen LogP contribution in [0.1, 0.15) is 18.9 Å². The third-order valence-corrected chi connectivity index (χ3v) is 3.64. The largest absolute Gasteiger partial charge is 0.481 e. The highest BCUT2D eigenvalue weighted by Gasteiger charge is 2.20. The first-order chi connectivity index (χ1) is 8.88. The van der Waals surface area contributed by atoms with Gasteiger partial charge in [0.15, 0.2) is 0 Å². The molecule has 1 heterocycles. The molecule has 104 valence electrons. The zero-order chi connectivity index (χ0) is 14.6. The Hall–Kier alpha value is -1.70. The molecule has 0 aromatic carbocycles. The van der Waals surface area contributed by atoms with Crippen LogP contribution in [0, 0.1) is 17.0 Å². The number of carbonyl (C=O) groups is 1. The van der Waals surface area contributed by atoms with E-state index in [0.717, 1.165) is 0 Å². The van der Waals surface area contributed by atoms with Gasteiger partial charge in [0.2, 0.25) is 0 Å². The predicted molar refractivity (Wildman–Crippen MR) is 73.5 cm³/mol. The summed E-state index contributed by atoms with van der Waals surface area (Å²) in [5, 5.41) is 19.5. The molecule has 0 aliphatic heterocycles. The van der Waals surface area contributed by atoms with Crippen molar-refractivity contribution in [2.24, 2.45) is 0 Å². The van der Waals surface area contributed by atoms with Crippen LogP contribution in [0.4, 0.5) is 11.5 Å². The third-order valence-electron chi connectivity index (χ3n) is 2.69. The van der Waals surface area contributed by atoms with E-state index in [1.165, 1.54) is 6.20 Å². The van der Waals surface area contributed by atoms with Crippen LogP contribution in [0.2, 0.25) is 0 Å². The SMILES string of the molecule is CCN(CCC(=O)O)c1ncc([N+](=O)[O-])c(C)c1Br. The molecular weight excluding hydrogens is 318 g/mol. The fourth-order valence-corrected chi connectivity index (χ4v) is 2.16. The van der Waals surface area contributed by atoms with Gasteiger partial charge in [-0.1, -0.05) is 0 Å². The average Bonchev–Trinajstić information content (AvgIpc) is 2.34. The van der Waals surface area contributed by atoms with Gasteiger partial charge in [-0.25, -0.2) is 4.98 Å². The van der Waals surface area contributed by atoms with Crippen LogP contribution in [-0.2, 0) is 4.79 Å². The lowest BCUT2D eigenvalue weighted by Gasteiger charge is -2.22. The van der Waals surface area contributed by atoms with Crippen LogP contribution in [0.5, 0.6) is 0 Å². The summed E-state index contributed by atoms with van der Waals surface area (Å²) in [7, 11) is 0. The molecule has 7 nitrogen and oxygen atoms in total. The number of carboxylic acids is 1. The highest BCUT2D eigenvalue weighted by atomic mass is 79.9. The zero-order valence-corrected chi connectivity index (χ0v) is 12.2. The molecule has 0 aliphatic carbocycles. The topological polar surface area (TPSA) is 96.6 Å².